The van der Waals surface area contributed by atoms with Gasteiger partial charge in [-0.2, -0.15) is 4.98 Å². The van der Waals surface area contributed by atoms with Gasteiger partial charge in [0.2, 0.25) is 5.95 Å². The van der Waals surface area contributed by atoms with Crippen molar-refractivity contribution in [2.75, 3.05) is 49.3 Å². The van der Waals surface area contributed by atoms with Gasteiger partial charge in [0, 0.05) is 43.7 Å². The van der Waals surface area contributed by atoms with E-state index in [0.717, 1.165) is 0 Å². The lowest BCUT2D eigenvalue weighted by Gasteiger charge is -2.24. The van der Waals surface area contributed by atoms with Crippen LogP contribution in [-0.2, 0) is 4.74 Å². The van der Waals surface area contributed by atoms with Crippen molar-refractivity contribution >= 4 is 29.6 Å². The van der Waals surface area contributed by atoms with Gasteiger partial charge in [0.25, 0.3) is 0 Å². The Bertz CT molecular complexity index is 1010. The van der Waals surface area contributed by atoms with Crippen LogP contribution < -0.4 is 25.4 Å². The number of hydrogen-bond donors (Lipinski definition) is 3. The predicted molar refractivity (Wildman–Crippen MR) is 124 cm³/mol. The number of anilines is 3. The molecule has 1 aromatic carbocycles. The summed E-state index contributed by atoms with van der Waals surface area (Å²) in [5.74, 6) is 1.89. The Morgan fingerprint density at radius 2 is 1.82 bits per heavy atom. The number of ether oxygens (including phenoxy) is 3. The van der Waals surface area contributed by atoms with E-state index in [-0.39, 0.29) is 5.95 Å². The van der Waals surface area contributed by atoms with Gasteiger partial charge in [-0.25, -0.2) is 14.6 Å². The van der Waals surface area contributed by atoms with Gasteiger partial charge in [-0.1, -0.05) is 0 Å². The molecule has 11 nitrogen and oxygen atoms in total. The van der Waals surface area contributed by atoms with Crippen molar-refractivity contribution in [1.82, 2.24) is 14.9 Å². The zero-order valence-electron chi connectivity index (χ0n) is 19.5. The van der Waals surface area contributed by atoms with Crippen molar-refractivity contribution < 1.29 is 23.8 Å². The van der Waals surface area contributed by atoms with Crippen LogP contribution in [0.2, 0.25) is 0 Å². The number of hydrogen-bond acceptors (Lipinski definition) is 8. The first-order chi connectivity index (χ1) is 15.6. The van der Waals surface area contributed by atoms with E-state index in [9.17, 15) is 9.59 Å². The van der Waals surface area contributed by atoms with Crippen molar-refractivity contribution in [2.45, 2.75) is 33.3 Å². The van der Waals surface area contributed by atoms with Crippen molar-refractivity contribution in [2.24, 2.45) is 0 Å². The van der Waals surface area contributed by atoms with Gasteiger partial charge in [-0.05, 0) is 39.8 Å². The summed E-state index contributed by atoms with van der Waals surface area (Å²) in [5, 5.41) is 8.48. The minimum absolute atomic E-state index is 0.146. The Hall–Kier alpha value is -3.76. The number of carbonyl (C=O) groups is 2. The molecule has 1 aliphatic heterocycles. The smallest absolute Gasteiger partial charge is 0.410 e. The highest BCUT2D eigenvalue weighted by Gasteiger charge is 2.19. The van der Waals surface area contributed by atoms with E-state index in [2.05, 4.69) is 25.9 Å². The summed E-state index contributed by atoms with van der Waals surface area (Å²) in [4.78, 5) is 34.5. The highest BCUT2D eigenvalue weighted by atomic mass is 16.6. The Kier molecular flexibility index (Phi) is 7.41. The van der Waals surface area contributed by atoms with E-state index in [1.165, 1.54) is 4.90 Å². The van der Waals surface area contributed by atoms with E-state index < -0.39 is 17.7 Å². The number of urea groups is 1. The molecule has 1 aliphatic rings. The molecule has 178 valence electrons. The molecule has 0 saturated carbocycles. The molecule has 0 unspecified atom stereocenters. The van der Waals surface area contributed by atoms with Crippen molar-refractivity contribution in [3.63, 3.8) is 0 Å². The van der Waals surface area contributed by atoms with Gasteiger partial charge < -0.3 is 29.7 Å². The maximum atomic E-state index is 12.4. The molecule has 1 aromatic heterocycles. The third-order valence-corrected chi connectivity index (χ3v) is 4.34. The summed E-state index contributed by atoms with van der Waals surface area (Å²) in [7, 11) is 1.66. The summed E-state index contributed by atoms with van der Waals surface area (Å²) in [6.45, 7) is 9.06. The van der Waals surface area contributed by atoms with Gasteiger partial charge in [0.15, 0.2) is 11.5 Å². The molecule has 0 radical (unpaired) electrons. The monoisotopic (exact) mass is 458 g/mol. The van der Waals surface area contributed by atoms with Gasteiger partial charge in [-0.3, -0.25) is 5.32 Å². The molecule has 11 heteroatoms. The molecular weight excluding hydrogens is 428 g/mol. The molecule has 2 aromatic rings. The zero-order chi connectivity index (χ0) is 24.0. The Labute approximate surface area is 192 Å². The van der Waals surface area contributed by atoms with Crippen molar-refractivity contribution in [3.05, 3.63) is 30.0 Å². The summed E-state index contributed by atoms with van der Waals surface area (Å²) in [6.07, 6.45) is -0.402. The predicted octanol–water partition coefficient (Wildman–Crippen LogP) is 3.48. The van der Waals surface area contributed by atoms with Crippen LogP contribution in [0, 0.1) is 6.92 Å². The molecule has 33 heavy (non-hydrogen) atoms. The Morgan fingerprint density at radius 1 is 1.09 bits per heavy atom. The molecule has 3 N–H and O–H groups in total. The molecule has 0 spiro atoms. The SMILES string of the molecule is Cc1cc(NCCN(C)C(=O)OC(C)(C)C)nc(NC(=O)Nc2ccc3c(c2)OCCO3)n1. The molecule has 2 heterocycles. The summed E-state index contributed by atoms with van der Waals surface area (Å²) < 4.78 is 16.3. The second-order valence-electron chi connectivity index (χ2n) is 8.48. The lowest BCUT2D eigenvalue weighted by atomic mass is 10.2. The number of nitrogens with one attached hydrogen (secondary N) is 3. The van der Waals surface area contributed by atoms with Crippen molar-refractivity contribution in [3.8, 4) is 11.5 Å². The van der Waals surface area contributed by atoms with Gasteiger partial charge in [0.05, 0.1) is 0 Å². The third kappa shape index (κ3) is 7.41. The third-order valence-electron chi connectivity index (χ3n) is 4.34. The number of aryl methyl sites for hydroxylation is 1. The number of rotatable bonds is 6. The molecule has 3 amide bonds. The first-order valence-corrected chi connectivity index (χ1v) is 10.6. The van der Waals surface area contributed by atoms with Crippen LogP contribution in [0.3, 0.4) is 0 Å². The zero-order valence-corrected chi connectivity index (χ0v) is 19.5. The van der Waals surface area contributed by atoms with E-state index in [0.29, 0.717) is 55.0 Å². The fraction of sp³-hybridized carbons (Fsp3) is 0.455. The highest BCUT2D eigenvalue weighted by Crippen LogP contribution is 2.32. The number of aromatic nitrogens is 2. The maximum absolute atomic E-state index is 12.4. The van der Waals surface area contributed by atoms with Crippen LogP contribution >= 0.6 is 0 Å². The first-order valence-electron chi connectivity index (χ1n) is 10.6. The fourth-order valence-electron chi connectivity index (χ4n) is 2.88. The van der Waals surface area contributed by atoms with Crippen LogP contribution in [0.4, 0.5) is 27.0 Å². The Morgan fingerprint density at radius 3 is 2.55 bits per heavy atom. The lowest BCUT2D eigenvalue weighted by Crippen LogP contribution is -2.36. The molecule has 0 atom stereocenters. The van der Waals surface area contributed by atoms with E-state index in [1.54, 1.807) is 38.2 Å². The second kappa shape index (κ2) is 10.2. The maximum Gasteiger partial charge on any atom is 0.410 e. The number of benzene rings is 1. The van der Waals surface area contributed by atoms with Gasteiger partial charge in [-0.15, -0.1) is 0 Å². The minimum Gasteiger partial charge on any atom is -0.486 e. The van der Waals surface area contributed by atoms with Gasteiger partial charge >= 0.3 is 12.1 Å². The van der Waals surface area contributed by atoms with E-state index in [1.807, 2.05) is 20.8 Å². The van der Waals surface area contributed by atoms with Crippen LogP contribution in [0.1, 0.15) is 26.5 Å². The van der Waals surface area contributed by atoms with Crippen LogP contribution in [0.15, 0.2) is 24.3 Å². The molecular formula is C22H30N6O5. The Balaban J connectivity index is 1.53. The second-order valence-corrected chi connectivity index (χ2v) is 8.48. The average Bonchev–Trinajstić information content (AvgIpc) is 2.72. The van der Waals surface area contributed by atoms with E-state index in [4.69, 9.17) is 14.2 Å². The summed E-state index contributed by atoms with van der Waals surface area (Å²) >= 11 is 0. The molecule has 3 rings (SSSR count). The normalized spacial score (nSPS) is 12.5. The number of likely N-dealkylation sites (N-methyl/N-ethyl adjacent to an activating group) is 1. The number of nitrogens with zero attached hydrogens (tertiary/aromatic N) is 3. The quantitative estimate of drug-likeness (QED) is 0.600. The summed E-state index contributed by atoms with van der Waals surface area (Å²) in [5.41, 5.74) is 0.666. The average molecular weight is 459 g/mol. The standard InChI is InChI=1S/C22H30N6O5/c1-14-12-18(23-8-9-28(5)21(30)33-22(2,3)4)26-19(24-14)27-20(29)25-15-6-7-16-17(13-15)32-11-10-31-16/h6-7,12-13H,8-11H2,1-5H3,(H3,23,24,25,26,27,29). The lowest BCUT2D eigenvalue weighted by molar-refractivity contribution is 0.0305. The topological polar surface area (TPSA) is 127 Å². The van der Waals surface area contributed by atoms with Crippen LogP contribution in [0.25, 0.3) is 0 Å². The fourth-order valence-corrected chi connectivity index (χ4v) is 2.88. The minimum atomic E-state index is -0.552. The van der Waals surface area contributed by atoms with E-state index >= 15 is 0 Å². The molecule has 0 bridgehead atoms. The van der Waals surface area contributed by atoms with Gasteiger partial charge in [0.1, 0.15) is 24.6 Å². The molecule has 0 aliphatic carbocycles. The number of amides is 3. The molecule has 0 fully saturated rings. The first kappa shape index (κ1) is 23.9. The van der Waals surface area contributed by atoms with Crippen molar-refractivity contribution in [1.29, 1.82) is 0 Å². The largest absolute Gasteiger partial charge is 0.486 e. The van der Waals surface area contributed by atoms with Crippen LogP contribution in [-0.4, -0.2) is 65.9 Å². The van der Waals surface area contributed by atoms with Crippen LogP contribution in [0.5, 0.6) is 11.5 Å². The highest BCUT2D eigenvalue weighted by molar-refractivity contribution is 5.98. The summed E-state index contributed by atoms with van der Waals surface area (Å²) in [6, 6.07) is 6.41. The molecule has 0 saturated heterocycles. The number of fused-ring (bicyclic) bond motifs is 1. The number of carbonyl (C=O) groups excluding carboxylic acids is 2.